The number of benzene rings is 1. The quantitative estimate of drug-likeness (QED) is 0.485. The lowest BCUT2D eigenvalue weighted by molar-refractivity contribution is 0.0954. The van der Waals surface area contributed by atoms with E-state index in [1.807, 2.05) is 12.1 Å². The van der Waals surface area contributed by atoms with Gasteiger partial charge in [-0.05, 0) is 24.6 Å². The van der Waals surface area contributed by atoms with Gasteiger partial charge in [-0.3, -0.25) is 4.79 Å². The molecule has 0 bridgehead atoms. The fourth-order valence-corrected chi connectivity index (χ4v) is 1.39. The van der Waals surface area contributed by atoms with Crippen LogP contribution < -0.4 is 5.32 Å². The first-order chi connectivity index (χ1) is 7.77. The summed E-state index contributed by atoms with van der Waals surface area (Å²) in [5, 5.41) is 2.80. The standard InChI is InChI=1S/C13H14ClNO/c1-2-3-4-9-15-13(16)12-7-5-11(10-14)6-8-12/h5-8H,4,9-10H2,1H3,(H,15,16). The number of carbonyl (C=O) groups excluding carboxylic acids is 1. The minimum absolute atomic E-state index is 0.0703. The van der Waals surface area contributed by atoms with Crippen molar-refractivity contribution in [3.8, 4) is 11.8 Å². The minimum atomic E-state index is -0.0703. The zero-order valence-electron chi connectivity index (χ0n) is 9.22. The molecule has 1 amide bonds. The molecule has 0 aliphatic heterocycles. The van der Waals surface area contributed by atoms with Gasteiger partial charge in [0.1, 0.15) is 0 Å². The van der Waals surface area contributed by atoms with Crippen molar-refractivity contribution in [3.63, 3.8) is 0 Å². The van der Waals surface area contributed by atoms with E-state index in [1.54, 1.807) is 19.1 Å². The summed E-state index contributed by atoms with van der Waals surface area (Å²) in [5.41, 5.74) is 1.66. The molecular weight excluding hydrogens is 222 g/mol. The molecule has 1 aromatic carbocycles. The Kier molecular flexibility index (Phi) is 5.45. The van der Waals surface area contributed by atoms with Crippen LogP contribution in [-0.2, 0) is 5.88 Å². The highest BCUT2D eigenvalue weighted by atomic mass is 35.5. The lowest BCUT2D eigenvalue weighted by Crippen LogP contribution is -2.24. The third-order valence-electron chi connectivity index (χ3n) is 2.08. The Hall–Kier alpha value is -1.46. The molecule has 0 aliphatic rings. The molecule has 0 unspecified atom stereocenters. The molecule has 1 rings (SSSR count). The highest BCUT2D eigenvalue weighted by Gasteiger charge is 2.03. The number of nitrogens with one attached hydrogen (secondary N) is 1. The first-order valence-electron chi connectivity index (χ1n) is 5.10. The highest BCUT2D eigenvalue weighted by Crippen LogP contribution is 2.06. The molecule has 1 aromatic rings. The van der Waals surface area contributed by atoms with Gasteiger partial charge in [-0.2, -0.15) is 0 Å². The van der Waals surface area contributed by atoms with Crippen LogP contribution in [0.15, 0.2) is 24.3 Å². The second-order valence-corrected chi connectivity index (χ2v) is 3.53. The van der Waals surface area contributed by atoms with Crippen LogP contribution in [0.4, 0.5) is 0 Å². The second-order valence-electron chi connectivity index (χ2n) is 3.26. The molecule has 1 N–H and O–H groups in total. The van der Waals surface area contributed by atoms with E-state index in [0.29, 0.717) is 24.4 Å². The fraction of sp³-hybridized carbons (Fsp3) is 0.308. The van der Waals surface area contributed by atoms with Crippen LogP contribution in [0.1, 0.15) is 29.3 Å². The molecule has 0 spiro atoms. The largest absolute Gasteiger partial charge is 0.351 e. The van der Waals surface area contributed by atoms with Crippen LogP contribution in [0.25, 0.3) is 0 Å². The summed E-state index contributed by atoms with van der Waals surface area (Å²) in [5.74, 6) is 6.07. The van der Waals surface area contributed by atoms with Crippen LogP contribution in [0.2, 0.25) is 0 Å². The van der Waals surface area contributed by atoms with E-state index in [2.05, 4.69) is 17.2 Å². The third-order valence-corrected chi connectivity index (χ3v) is 2.39. The van der Waals surface area contributed by atoms with Crippen LogP contribution in [0.5, 0.6) is 0 Å². The number of alkyl halides is 1. The van der Waals surface area contributed by atoms with Gasteiger partial charge in [0.05, 0.1) is 0 Å². The maximum absolute atomic E-state index is 11.6. The molecule has 0 fully saturated rings. The fourth-order valence-electron chi connectivity index (χ4n) is 1.21. The second kappa shape index (κ2) is 6.92. The Bertz CT molecular complexity index is 400. The third kappa shape index (κ3) is 3.96. The molecular formula is C13H14ClNO. The van der Waals surface area contributed by atoms with Crippen molar-refractivity contribution in [1.29, 1.82) is 0 Å². The van der Waals surface area contributed by atoms with Crippen molar-refractivity contribution in [2.75, 3.05) is 6.54 Å². The number of carbonyl (C=O) groups is 1. The Morgan fingerprint density at radius 1 is 1.38 bits per heavy atom. The molecule has 16 heavy (non-hydrogen) atoms. The van der Waals surface area contributed by atoms with Gasteiger partial charge >= 0.3 is 0 Å². The van der Waals surface area contributed by atoms with Gasteiger partial charge in [-0.25, -0.2) is 0 Å². The van der Waals surface area contributed by atoms with Crippen LogP contribution >= 0.6 is 11.6 Å². The maximum atomic E-state index is 11.6. The zero-order chi connectivity index (χ0) is 11.8. The predicted molar refractivity (Wildman–Crippen MR) is 66.4 cm³/mol. The van der Waals surface area contributed by atoms with Crippen LogP contribution in [0.3, 0.4) is 0 Å². The smallest absolute Gasteiger partial charge is 0.251 e. The van der Waals surface area contributed by atoms with Crippen molar-refractivity contribution in [2.45, 2.75) is 19.2 Å². The predicted octanol–water partition coefficient (Wildman–Crippen LogP) is 2.57. The summed E-state index contributed by atoms with van der Waals surface area (Å²) in [6, 6.07) is 7.26. The lowest BCUT2D eigenvalue weighted by Gasteiger charge is -2.03. The maximum Gasteiger partial charge on any atom is 0.251 e. The molecule has 0 saturated carbocycles. The van der Waals surface area contributed by atoms with Crippen molar-refractivity contribution >= 4 is 17.5 Å². The van der Waals surface area contributed by atoms with Gasteiger partial charge in [-0.15, -0.1) is 23.4 Å². The van der Waals surface area contributed by atoms with E-state index in [-0.39, 0.29) is 5.91 Å². The van der Waals surface area contributed by atoms with E-state index in [4.69, 9.17) is 11.6 Å². The first-order valence-corrected chi connectivity index (χ1v) is 5.64. The highest BCUT2D eigenvalue weighted by molar-refractivity contribution is 6.17. The van der Waals surface area contributed by atoms with E-state index in [9.17, 15) is 4.79 Å². The van der Waals surface area contributed by atoms with Crippen molar-refractivity contribution in [3.05, 3.63) is 35.4 Å². The van der Waals surface area contributed by atoms with Crippen LogP contribution in [0, 0.1) is 11.8 Å². The summed E-state index contributed by atoms with van der Waals surface area (Å²) in [7, 11) is 0. The zero-order valence-corrected chi connectivity index (χ0v) is 9.97. The average molecular weight is 236 g/mol. The molecule has 0 aromatic heterocycles. The van der Waals surface area contributed by atoms with Gasteiger partial charge in [0.2, 0.25) is 0 Å². The number of halogens is 1. The van der Waals surface area contributed by atoms with Gasteiger partial charge < -0.3 is 5.32 Å². The number of hydrogen-bond acceptors (Lipinski definition) is 1. The molecule has 0 saturated heterocycles. The number of rotatable bonds is 4. The Morgan fingerprint density at radius 2 is 2.06 bits per heavy atom. The molecule has 0 heterocycles. The molecule has 0 atom stereocenters. The Labute approximate surface area is 101 Å². The molecule has 0 aliphatic carbocycles. The molecule has 3 heteroatoms. The summed E-state index contributed by atoms with van der Waals surface area (Å²) < 4.78 is 0. The van der Waals surface area contributed by atoms with Gasteiger partial charge in [-0.1, -0.05) is 12.1 Å². The summed E-state index contributed by atoms with van der Waals surface area (Å²) in [4.78, 5) is 11.6. The molecule has 84 valence electrons. The van der Waals surface area contributed by atoms with Crippen LogP contribution in [-0.4, -0.2) is 12.5 Å². The number of hydrogen-bond donors (Lipinski definition) is 1. The molecule has 0 radical (unpaired) electrons. The van der Waals surface area contributed by atoms with Gasteiger partial charge in [0.25, 0.3) is 5.91 Å². The SMILES string of the molecule is CC#CCCNC(=O)c1ccc(CCl)cc1. The first kappa shape index (κ1) is 12.6. The number of amides is 1. The van der Waals surface area contributed by atoms with Gasteiger partial charge in [0, 0.05) is 24.4 Å². The Balaban J connectivity index is 2.48. The summed E-state index contributed by atoms with van der Waals surface area (Å²) in [6.45, 7) is 2.36. The molecule has 2 nitrogen and oxygen atoms in total. The normalized spacial score (nSPS) is 9.12. The lowest BCUT2D eigenvalue weighted by atomic mass is 10.1. The Morgan fingerprint density at radius 3 is 2.62 bits per heavy atom. The summed E-state index contributed by atoms with van der Waals surface area (Å²) >= 11 is 5.66. The van der Waals surface area contributed by atoms with E-state index in [1.165, 1.54) is 0 Å². The topological polar surface area (TPSA) is 29.1 Å². The average Bonchev–Trinajstić information content (AvgIpc) is 2.34. The van der Waals surface area contributed by atoms with Crippen molar-refractivity contribution in [2.24, 2.45) is 0 Å². The monoisotopic (exact) mass is 235 g/mol. The van der Waals surface area contributed by atoms with E-state index < -0.39 is 0 Å². The van der Waals surface area contributed by atoms with Gasteiger partial charge in [0.15, 0.2) is 0 Å². The minimum Gasteiger partial charge on any atom is -0.351 e. The van der Waals surface area contributed by atoms with E-state index in [0.717, 1.165) is 5.56 Å². The van der Waals surface area contributed by atoms with Crippen molar-refractivity contribution in [1.82, 2.24) is 5.32 Å². The van der Waals surface area contributed by atoms with Crippen molar-refractivity contribution < 1.29 is 4.79 Å². The van der Waals surface area contributed by atoms with E-state index >= 15 is 0 Å². The summed E-state index contributed by atoms with van der Waals surface area (Å²) in [6.07, 6.45) is 0.683.